The molecule has 0 aliphatic heterocycles. The first-order chi connectivity index (χ1) is 14.0. The van der Waals surface area contributed by atoms with Gasteiger partial charge in [0.1, 0.15) is 17.2 Å². The monoisotopic (exact) mass is 416 g/mol. The van der Waals surface area contributed by atoms with Gasteiger partial charge in [0.25, 0.3) is 5.91 Å². The largest absolute Gasteiger partial charge is 0.490 e. The fourth-order valence-electron chi connectivity index (χ4n) is 2.69. The molecule has 29 heavy (non-hydrogen) atoms. The van der Waals surface area contributed by atoms with E-state index in [1.54, 1.807) is 49.1 Å². The van der Waals surface area contributed by atoms with Gasteiger partial charge in [0, 0.05) is 12.1 Å². The molecule has 1 aromatic carbocycles. The van der Waals surface area contributed by atoms with Crippen LogP contribution in [0.4, 0.5) is 5.13 Å². The Bertz CT molecular complexity index is 830. The molecule has 7 heteroatoms. The lowest BCUT2D eigenvalue weighted by Gasteiger charge is -2.20. The number of aromatic nitrogens is 1. The van der Waals surface area contributed by atoms with Gasteiger partial charge in [0.2, 0.25) is 0 Å². The number of carbonyl (C=O) groups excluding carboxylic acids is 2. The summed E-state index contributed by atoms with van der Waals surface area (Å²) < 4.78 is 10.6. The third kappa shape index (κ3) is 6.15. The third-order valence-corrected chi connectivity index (χ3v) is 5.34. The Morgan fingerprint density at radius 2 is 1.93 bits per heavy atom. The van der Waals surface area contributed by atoms with Gasteiger partial charge in [-0.1, -0.05) is 43.8 Å². The summed E-state index contributed by atoms with van der Waals surface area (Å²) in [5.41, 5.74) is 1.11. The van der Waals surface area contributed by atoms with Crippen LogP contribution in [0.15, 0.2) is 36.9 Å². The lowest BCUT2D eigenvalue weighted by Crippen LogP contribution is -2.31. The average molecular weight is 417 g/mol. The van der Waals surface area contributed by atoms with Crippen LogP contribution in [-0.2, 0) is 4.74 Å². The molecule has 0 saturated carbocycles. The van der Waals surface area contributed by atoms with Crippen molar-refractivity contribution < 1.29 is 19.1 Å². The number of hydrogen-bond donors (Lipinski definition) is 0. The van der Waals surface area contributed by atoms with Gasteiger partial charge >= 0.3 is 5.97 Å². The van der Waals surface area contributed by atoms with Crippen molar-refractivity contribution in [1.29, 1.82) is 0 Å². The molecule has 6 nitrogen and oxygen atoms in total. The topological polar surface area (TPSA) is 68.7 Å². The second kappa shape index (κ2) is 11.4. The fourth-order valence-corrected chi connectivity index (χ4v) is 3.68. The van der Waals surface area contributed by atoms with E-state index in [0.29, 0.717) is 46.8 Å². The van der Waals surface area contributed by atoms with E-state index >= 15 is 0 Å². The normalized spacial score (nSPS) is 10.4. The Morgan fingerprint density at radius 3 is 2.55 bits per heavy atom. The maximum absolute atomic E-state index is 13.2. The standard InChI is InChI=1S/C22H28N2O4S/c1-5-8-9-14-24(22-23-16(4)19(29-22)21(26)27-7-3)20(25)17-10-12-18(13-11-17)28-15-6-2/h6,10-13H,2,5,7-9,14-15H2,1,3-4H3. The summed E-state index contributed by atoms with van der Waals surface area (Å²) in [5, 5.41) is 0.513. The van der Waals surface area contributed by atoms with Gasteiger partial charge in [-0.05, 0) is 44.5 Å². The van der Waals surface area contributed by atoms with E-state index in [9.17, 15) is 9.59 Å². The van der Waals surface area contributed by atoms with Crippen LogP contribution in [0, 0.1) is 6.92 Å². The number of esters is 1. The van der Waals surface area contributed by atoms with Gasteiger partial charge in [-0.15, -0.1) is 0 Å². The van der Waals surface area contributed by atoms with Crippen molar-refractivity contribution >= 4 is 28.3 Å². The lowest BCUT2D eigenvalue weighted by atomic mass is 10.2. The van der Waals surface area contributed by atoms with E-state index in [1.807, 2.05) is 0 Å². The quantitative estimate of drug-likeness (QED) is 0.292. The van der Waals surface area contributed by atoms with Crippen LogP contribution in [0.3, 0.4) is 0 Å². The van der Waals surface area contributed by atoms with Crippen molar-refractivity contribution in [2.24, 2.45) is 0 Å². The van der Waals surface area contributed by atoms with Gasteiger partial charge < -0.3 is 9.47 Å². The van der Waals surface area contributed by atoms with Crippen LogP contribution < -0.4 is 9.64 Å². The molecule has 0 bridgehead atoms. The summed E-state index contributed by atoms with van der Waals surface area (Å²) in [6.07, 6.45) is 4.58. The number of thiazole rings is 1. The van der Waals surface area contributed by atoms with Crippen LogP contribution in [-0.4, -0.2) is 36.6 Å². The zero-order chi connectivity index (χ0) is 21.2. The Morgan fingerprint density at radius 1 is 1.21 bits per heavy atom. The third-order valence-electron chi connectivity index (χ3n) is 4.18. The molecule has 0 N–H and O–H groups in total. The Kier molecular flexibility index (Phi) is 8.86. The zero-order valence-corrected chi connectivity index (χ0v) is 18.1. The summed E-state index contributed by atoms with van der Waals surface area (Å²) >= 11 is 1.19. The minimum atomic E-state index is -0.404. The predicted molar refractivity (Wildman–Crippen MR) is 116 cm³/mol. The molecule has 0 aliphatic rings. The molecule has 2 rings (SSSR count). The highest BCUT2D eigenvalue weighted by Gasteiger charge is 2.24. The van der Waals surface area contributed by atoms with Crippen LogP contribution in [0.5, 0.6) is 5.75 Å². The summed E-state index contributed by atoms with van der Waals surface area (Å²) in [4.78, 5) is 31.9. The lowest BCUT2D eigenvalue weighted by molar-refractivity contribution is 0.0531. The van der Waals surface area contributed by atoms with Crippen molar-refractivity contribution in [1.82, 2.24) is 4.98 Å². The molecule has 1 amide bonds. The molecule has 0 unspecified atom stereocenters. The summed E-state index contributed by atoms with van der Waals surface area (Å²) in [6, 6.07) is 7.00. The molecule has 0 saturated heterocycles. The number of hydrogen-bond acceptors (Lipinski definition) is 6. The van der Waals surface area contributed by atoms with Gasteiger partial charge in [0.05, 0.1) is 12.3 Å². The molecular formula is C22H28N2O4S. The minimum Gasteiger partial charge on any atom is -0.490 e. The van der Waals surface area contributed by atoms with Crippen molar-refractivity contribution in [2.75, 3.05) is 24.7 Å². The Labute approximate surface area is 176 Å². The van der Waals surface area contributed by atoms with E-state index in [2.05, 4.69) is 18.5 Å². The number of aryl methyl sites for hydroxylation is 1. The molecule has 1 aromatic heterocycles. The molecule has 156 valence electrons. The highest BCUT2D eigenvalue weighted by molar-refractivity contribution is 7.17. The minimum absolute atomic E-state index is 0.152. The van der Waals surface area contributed by atoms with Crippen molar-refractivity contribution in [3.05, 3.63) is 53.1 Å². The molecule has 0 radical (unpaired) electrons. The summed E-state index contributed by atoms with van der Waals surface area (Å²) in [7, 11) is 0. The number of anilines is 1. The van der Waals surface area contributed by atoms with Gasteiger partial charge in [-0.3, -0.25) is 9.69 Å². The number of rotatable bonds is 11. The fraction of sp³-hybridized carbons (Fsp3) is 0.409. The highest BCUT2D eigenvalue weighted by Crippen LogP contribution is 2.29. The molecule has 0 atom stereocenters. The smallest absolute Gasteiger partial charge is 0.350 e. The molecule has 0 aliphatic carbocycles. The summed E-state index contributed by atoms with van der Waals surface area (Å²) in [6.45, 7) is 10.5. The van der Waals surface area contributed by atoms with E-state index in [-0.39, 0.29) is 5.91 Å². The first-order valence-corrected chi connectivity index (χ1v) is 10.6. The molecule has 1 heterocycles. The number of ether oxygens (including phenoxy) is 2. The van der Waals surface area contributed by atoms with Gasteiger partial charge in [0.15, 0.2) is 5.13 Å². The first kappa shape index (κ1) is 22.6. The number of benzene rings is 1. The number of amides is 1. The highest BCUT2D eigenvalue weighted by atomic mass is 32.1. The SMILES string of the molecule is C=CCOc1ccc(C(=O)N(CCCCC)c2nc(C)c(C(=O)OCC)s2)cc1. The Hall–Kier alpha value is -2.67. The second-order valence-electron chi connectivity index (χ2n) is 6.42. The number of unbranched alkanes of at least 4 members (excludes halogenated alkanes) is 2. The van der Waals surface area contributed by atoms with Gasteiger partial charge in [-0.25, -0.2) is 9.78 Å². The molecular weight excluding hydrogens is 388 g/mol. The van der Waals surface area contributed by atoms with Crippen LogP contribution >= 0.6 is 11.3 Å². The van der Waals surface area contributed by atoms with Crippen LogP contribution in [0.25, 0.3) is 0 Å². The van der Waals surface area contributed by atoms with Crippen LogP contribution in [0.1, 0.15) is 58.8 Å². The summed E-state index contributed by atoms with van der Waals surface area (Å²) in [5.74, 6) is 0.118. The van der Waals surface area contributed by atoms with Crippen molar-refractivity contribution in [3.8, 4) is 5.75 Å². The Balaban J connectivity index is 2.27. The van der Waals surface area contributed by atoms with E-state index in [0.717, 1.165) is 19.3 Å². The maximum Gasteiger partial charge on any atom is 0.350 e. The number of nitrogens with zero attached hydrogens (tertiary/aromatic N) is 2. The second-order valence-corrected chi connectivity index (χ2v) is 7.40. The average Bonchev–Trinajstić information content (AvgIpc) is 3.11. The van der Waals surface area contributed by atoms with Crippen molar-refractivity contribution in [2.45, 2.75) is 40.0 Å². The zero-order valence-electron chi connectivity index (χ0n) is 17.3. The molecule has 0 spiro atoms. The van der Waals surface area contributed by atoms with Gasteiger partial charge in [-0.2, -0.15) is 0 Å². The van der Waals surface area contributed by atoms with Crippen molar-refractivity contribution in [3.63, 3.8) is 0 Å². The first-order valence-electron chi connectivity index (χ1n) is 9.81. The maximum atomic E-state index is 13.2. The number of carbonyl (C=O) groups is 2. The van der Waals surface area contributed by atoms with E-state index < -0.39 is 5.97 Å². The molecule has 2 aromatic rings. The van der Waals surface area contributed by atoms with Crippen LogP contribution in [0.2, 0.25) is 0 Å². The molecule has 0 fully saturated rings. The van der Waals surface area contributed by atoms with E-state index in [1.165, 1.54) is 11.3 Å². The van der Waals surface area contributed by atoms with E-state index in [4.69, 9.17) is 9.47 Å². The predicted octanol–water partition coefficient (Wildman–Crippen LogP) is 5.03.